The van der Waals surface area contributed by atoms with Crippen molar-refractivity contribution in [3.05, 3.63) is 56.1 Å². The lowest BCUT2D eigenvalue weighted by Gasteiger charge is -2.13. The Morgan fingerprint density at radius 2 is 1.77 bits per heavy atom. The Morgan fingerprint density at radius 3 is 2.41 bits per heavy atom. The van der Waals surface area contributed by atoms with Crippen LogP contribution in [0.25, 0.3) is 21.8 Å². The van der Waals surface area contributed by atoms with E-state index in [0.29, 0.717) is 28.4 Å². The second kappa shape index (κ2) is 4.92. The largest absolute Gasteiger partial charge is 0.392 e. The fraction of sp³-hybridized carbons (Fsp3) is 0.188. The number of aliphatic hydroxyl groups excluding tert-OH is 1. The molecular formula is C16H14N2O4. The van der Waals surface area contributed by atoms with Gasteiger partial charge in [0.1, 0.15) is 0 Å². The molecule has 0 saturated carbocycles. The molecule has 0 amide bonds. The van der Waals surface area contributed by atoms with Gasteiger partial charge in [0.25, 0.3) is 11.1 Å². The molecule has 6 heteroatoms. The number of hydrogen-bond donors (Lipinski definition) is 1. The Morgan fingerprint density at radius 1 is 1.05 bits per heavy atom. The lowest BCUT2D eigenvalue weighted by Crippen LogP contribution is -2.21. The Labute approximate surface area is 124 Å². The maximum absolute atomic E-state index is 12.0. The summed E-state index contributed by atoms with van der Waals surface area (Å²) in [5.41, 5.74) is 1.58. The van der Waals surface area contributed by atoms with Crippen LogP contribution in [0.2, 0.25) is 0 Å². The summed E-state index contributed by atoms with van der Waals surface area (Å²) in [5, 5.41) is 10.9. The lowest BCUT2D eigenvalue weighted by atomic mass is 10.0. The second-order valence-corrected chi connectivity index (χ2v) is 5.25. The van der Waals surface area contributed by atoms with Crippen molar-refractivity contribution < 1.29 is 9.90 Å². The van der Waals surface area contributed by atoms with E-state index in [1.54, 1.807) is 19.2 Å². The number of rotatable bonds is 2. The van der Waals surface area contributed by atoms with E-state index in [1.165, 1.54) is 16.7 Å². The zero-order valence-corrected chi connectivity index (χ0v) is 12.2. The first-order valence-corrected chi connectivity index (χ1v) is 6.72. The van der Waals surface area contributed by atoms with Crippen LogP contribution in [0.3, 0.4) is 0 Å². The molecule has 0 aliphatic heterocycles. The number of aryl methyl sites for hydroxylation is 2. The molecule has 3 aromatic rings. The van der Waals surface area contributed by atoms with Crippen molar-refractivity contribution in [2.24, 2.45) is 7.05 Å². The Balaban J connectivity index is 2.66. The molecule has 1 aromatic carbocycles. The molecule has 2 aromatic heterocycles. The third-order valence-corrected chi connectivity index (χ3v) is 3.99. The number of carbonyl (C=O) groups excluding carboxylic acids is 1. The maximum Gasteiger partial charge on any atom is 0.257 e. The summed E-state index contributed by atoms with van der Waals surface area (Å²) < 4.78 is 2.44. The van der Waals surface area contributed by atoms with Crippen LogP contribution in [0, 0.1) is 6.92 Å². The van der Waals surface area contributed by atoms with Crippen molar-refractivity contribution in [2.45, 2.75) is 13.5 Å². The quantitative estimate of drug-likeness (QED) is 0.557. The minimum absolute atomic E-state index is 0.164. The Kier molecular flexibility index (Phi) is 3.18. The molecule has 0 spiro atoms. The van der Waals surface area contributed by atoms with Crippen LogP contribution >= 0.6 is 0 Å². The van der Waals surface area contributed by atoms with Gasteiger partial charge < -0.3 is 9.67 Å². The normalized spacial score (nSPS) is 11.2. The van der Waals surface area contributed by atoms with Gasteiger partial charge in [0.05, 0.1) is 17.6 Å². The van der Waals surface area contributed by atoms with Crippen LogP contribution < -0.4 is 11.1 Å². The molecule has 0 unspecified atom stereocenters. The summed E-state index contributed by atoms with van der Waals surface area (Å²) in [5.74, 6) is 0. The van der Waals surface area contributed by atoms with Gasteiger partial charge in [-0.1, -0.05) is 0 Å². The summed E-state index contributed by atoms with van der Waals surface area (Å²) in [4.78, 5) is 35.1. The molecule has 0 fully saturated rings. The van der Waals surface area contributed by atoms with E-state index in [0.717, 1.165) is 15.5 Å². The first kappa shape index (κ1) is 14.2. The first-order chi connectivity index (χ1) is 10.5. The number of fused-ring (bicyclic) bond motifs is 2. The summed E-state index contributed by atoms with van der Waals surface area (Å²) in [6.07, 6.45) is 0.436. The number of hydrogen-bond acceptors (Lipinski definition) is 4. The van der Waals surface area contributed by atoms with Crippen molar-refractivity contribution in [1.29, 1.82) is 0 Å². The summed E-state index contributed by atoms with van der Waals surface area (Å²) in [6.45, 7) is 1.52. The fourth-order valence-electron chi connectivity index (χ4n) is 2.76. The van der Waals surface area contributed by atoms with Gasteiger partial charge in [0.15, 0.2) is 0 Å². The first-order valence-electron chi connectivity index (χ1n) is 6.72. The molecule has 2 heterocycles. The standard InChI is InChI=1S/C16H14N2O4/c1-9-3-15(21)17(2)13-6-14-12(5-11(9)13)10(7-19)4-16(22)18(14)8-20/h3-6,8,19H,7H2,1-2H3. The number of aliphatic hydroxyl groups is 1. The van der Waals surface area contributed by atoms with Crippen LogP contribution in [-0.4, -0.2) is 20.7 Å². The van der Waals surface area contributed by atoms with Crippen LogP contribution in [0.5, 0.6) is 0 Å². The summed E-state index contributed by atoms with van der Waals surface area (Å²) in [6, 6.07) is 6.21. The van der Waals surface area contributed by atoms with Gasteiger partial charge in [-0.2, -0.15) is 0 Å². The number of nitrogens with zero attached hydrogens (tertiary/aromatic N) is 2. The van der Waals surface area contributed by atoms with E-state index in [2.05, 4.69) is 0 Å². The molecule has 1 N–H and O–H groups in total. The minimum atomic E-state index is -0.511. The van der Waals surface area contributed by atoms with Crippen molar-refractivity contribution in [3.8, 4) is 0 Å². The molecule has 112 valence electrons. The molecule has 3 rings (SSSR count). The molecule has 6 nitrogen and oxygen atoms in total. The summed E-state index contributed by atoms with van der Waals surface area (Å²) >= 11 is 0. The van der Waals surface area contributed by atoms with E-state index >= 15 is 0 Å². The van der Waals surface area contributed by atoms with Gasteiger partial charge in [0.2, 0.25) is 6.41 Å². The highest BCUT2D eigenvalue weighted by molar-refractivity contribution is 5.99. The van der Waals surface area contributed by atoms with E-state index in [1.807, 2.05) is 6.92 Å². The van der Waals surface area contributed by atoms with Crippen molar-refractivity contribution in [3.63, 3.8) is 0 Å². The Bertz CT molecular complexity index is 1040. The van der Waals surface area contributed by atoms with Crippen molar-refractivity contribution in [2.75, 3.05) is 0 Å². The lowest BCUT2D eigenvalue weighted by molar-refractivity contribution is 0.283. The van der Waals surface area contributed by atoms with E-state index in [4.69, 9.17) is 0 Å². The van der Waals surface area contributed by atoms with Crippen LogP contribution in [0.15, 0.2) is 33.9 Å². The zero-order chi connectivity index (χ0) is 16.0. The highest BCUT2D eigenvalue weighted by Gasteiger charge is 2.12. The van der Waals surface area contributed by atoms with Gasteiger partial charge >= 0.3 is 0 Å². The summed E-state index contributed by atoms with van der Waals surface area (Å²) in [7, 11) is 1.63. The maximum atomic E-state index is 12.0. The second-order valence-electron chi connectivity index (χ2n) is 5.25. The van der Waals surface area contributed by atoms with Gasteiger partial charge in [-0.25, -0.2) is 4.57 Å². The average Bonchev–Trinajstić information content (AvgIpc) is 2.50. The molecular weight excluding hydrogens is 284 g/mol. The SMILES string of the molecule is Cc1cc(=O)n(C)c2cc3c(cc12)c(CO)cc(=O)n3C=O. The van der Waals surface area contributed by atoms with E-state index < -0.39 is 5.56 Å². The number of pyridine rings is 2. The molecule has 0 aliphatic rings. The van der Waals surface area contributed by atoms with Gasteiger partial charge in [-0.3, -0.25) is 14.4 Å². The minimum Gasteiger partial charge on any atom is -0.392 e. The van der Waals surface area contributed by atoms with Crippen molar-refractivity contribution >= 4 is 28.2 Å². The highest BCUT2D eigenvalue weighted by Crippen LogP contribution is 2.25. The number of carbonyl (C=O) groups is 1. The predicted molar refractivity (Wildman–Crippen MR) is 83.8 cm³/mol. The van der Waals surface area contributed by atoms with Crippen LogP contribution in [0.4, 0.5) is 0 Å². The number of benzene rings is 1. The Hall–Kier alpha value is -2.73. The average molecular weight is 298 g/mol. The molecule has 22 heavy (non-hydrogen) atoms. The highest BCUT2D eigenvalue weighted by atomic mass is 16.3. The number of aromatic nitrogens is 2. The monoisotopic (exact) mass is 298 g/mol. The molecule has 0 aliphatic carbocycles. The van der Waals surface area contributed by atoms with Crippen molar-refractivity contribution in [1.82, 2.24) is 9.13 Å². The fourth-order valence-corrected chi connectivity index (χ4v) is 2.76. The molecule has 0 saturated heterocycles. The van der Waals surface area contributed by atoms with E-state index in [9.17, 15) is 19.5 Å². The van der Waals surface area contributed by atoms with Gasteiger partial charge in [0, 0.05) is 30.0 Å². The smallest absolute Gasteiger partial charge is 0.257 e. The van der Waals surface area contributed by atoms with Gasteiger partial charge in [-0.05, 0) is 30.2 Å². The van der Waals surface area contributed by atoms with Gasteiger partial charge in [-0.15, -0.1) is 0 Å². The molecule has 0 bridgehead atoms. The zero-order valence-electron chi connectivity index (χ0n) is 12.2. The third-order valence-electron chi connectivity index (χ3n) is 3.99. The topological polar surface area (TPSA) is 81.3 Å². The molecule has 0 atom stereocenters. The molecule has 0 radical (unpaired) electrons. The third kappa shape index (κ3) is 1.88. The van der Waals surface area contributed by atoms with Crippen LogP contribution in [-0.2, 0) is 18.4 Å². The predicted octanol–water partition coefficient (Wildman–Crippen LogP) is 0.692. The van der Waals surface area contributed by atoms with E-state index in [-0.39, 0.29) is 12.2 Å². The van der Waals surface area contributed by atoms with Crippen LogP contribution in [0.1, 0.15) is 11.1 Å².